The Labute approximate surface area is 136 Å². The van der Waals surface area contributed by atoms with Crippen molar-refractivity contribution in [3.8, 4) is 5.75 Å². The minimum Gasteiger partial charge on any atom is -0.508 e. The van der Waals surface area contributed by atoms with Crippen LogP contribution < -0.4 is 10.6 Å². The Bertz CT molecular complexity index is 617. The SMILES string of the molecule is O=C(NCCc1cccc(O)c1)NCC(O)Cc1ccccc1. The summed E-state index contributed by atoms with van der Waals surface area (Å²) in [6, 6.07) is 16.3. The molecular weight excluding hydrogens is 292 g/mol. The van der Waals surface area contributed by atoms with Crippen molar-refractivity contribution in [2.75, 3.05) is 13.1 Å². The van der Waals surface area contributed by atoms with Gasteiger partial charge in [-0.2, -0.15) is 0 Å². The third-order valence-corrected chi connectivity index (χ3v) is 3.42. The molecule has 0 aliphatic rings. The molecule has 5 nitrogen and oxygen atoms in total. The van der Waals surface area contributed by atoms with Crippen molar-refractivity contribution in [1.29, 1.82) is 0 Å². The van der Waals surface area contributed by atoms with E-state index < -0.39 is 6.10 Å². The number of urea groups is 1. The predicted octanol–water partition coefficient (Wildman–Crippen LogP) is 1.84. The summed E-state index contributed by atoms with van der Waals surface area (Å²) < 4.78 is 0. The number of carbonyl (C=O) groups excluding carboxylic acids is 1. The van der Waals surface area contributed by atoms with Gasteiger partial charge in [0.1, 0.15) is 5.75 Å². The first-order valence-electron chi connectivity index (χ1n) is 7.65. The fourth-order valence-corrected chi connectivity index (χ4v) is 2.26. The first-order chi connectivity index (χ1) is 11.1. The highest BCUT2D eigenvalue weighted by Gasteiger charge is 2.07. The number of hydrogen-bond donors (Lipinski definition) is 4. The van der Waals surface area contributed by atoms with Crippen molar-refractivity contribution in [3.05, 3.63) is 65.7 Å². The van der Waals surface area contributed by atoms with Crippen LogP contribution in [-0.2, 0) is 12.8 Å². The zero-order chi connectivity index (χ0) is 16.5. The predicted molar refractivity (Wildman–Crippen MR) is 89.4 cm³/mol. The standard InChI is InChI=1S/C18H22N2O3/c21-16-8-4-7-15(11-16)9-10-19-18(23)20-13-17(22)12-14-5-2-1-3-6-14/h1-8,11,17,21-22H,9-10,12-13H2,(H2,19,20,23). The number of amides is 2. The van der Waals surface area contributed by atoms with Gasteiger partial charge < -0.3 is 20.8 Å². The quantitative estimate of drug-likeness (QED) is 0.629. The Kier molecular flexibility index (Phi) is 6.44. The molecule has 0 saturated carbocycles. The van der Waals surface area contributed by atoms with Gasteiger partial charge in [0, 0.05) is 19.5 Å². The summed E-state index contributed by atoms with van der Waals surface area (Å²) in [5.74, 6) is 0.219. The third kappa shape index (κ3) is 6.40. The lowest BCUT2D eigenvalue weighted by atomic mass is 10.1. The highest BCUT2D eigenvalue weighted by atomic mass is 16.3. The Morgan fingerprint density at radius 1 is 1.00 bits per heavy atom. The van der Waals surface area contributed by atoms with Crippen LogP contribution >= 0.6 is 0 Å². The molecule has 23 heavy (non-hydrogen) atoms. The second-order valence-electron chi connectivity index (χ2n) is 5.40. The van der Waals surface area contributed by atoms with Gasteiger partial charge in [0.15, 0.2) is 0 Å². The molecule has 1 atom stereocenters. The maximum absolute atomic E-state index is 11.7. The molecule has 4 N–H and O–H groups in total. The molecule has 1 unspecified atom stereocenters. The highest BCUT2D eigenvalue weighted by Crippen LogP contribution is 2.10. The monoisotopic (exact) mass is 314 g/mol. The Morgan fingerprint density at radius 3 is 2.48 bits per heavy atom. The second-order valence-corrected chi connectivity index (χ2v) is 5.40. The van der Waals surface area contributed by atoms with Gasteiger partial charge in [0.25, 0.3) is 0 Å². The molecule has 5 heteroatoms. The maximum atomic E-state index is 11.7. The van der Waals surface area contributed by atoms with Crippen LogP contribution in [0.1, 0.15) is 11.1 Å². The Balaban J connectivity index is 1.63. The number of phenols is 1. The Morgan fingerprint density at radius 2 is 1.74 bits per heavy atom. The van der Waals surface area contributed by atoms with Crippen LogP contribution in [-0.4, -0.2) is 35.4 Å². The van der Waals surface area contributed by atoms with E-state index in [-0.39, 0.29) is 18.3 Å². The molecule has 0 heterocycles. The van der Waals surface area contributed by atoms with Gasteiger partial charge in [-0.1, -0.05) is 42.5 Å². The smallest absolute Gasteiger partial charge is 0.314 e. The van der Waals surface area contributed by atoms with Gasteiger partial charge in [-0.25, -0.2) is 4.79 Å². The summed E-state index contributed by atoms with van der Waals surface area (Å²) in [5.41, 5.74) is 1.99. The summed E-state index contributed by atoms with van der Waals surface area (Å²) in [6.45, 7) is 0.664. The van der Waals surface area contributed by atoms with Crippen molar-refractivity contribution in [2.24, 2.45) is 0 Å². The van der Waals surface area contributed by atoms with Gasteiger partial charge in [0.2, 0.25) is 0 Å². The van der Waals surface area contributed by atoms with E-state index in [1.807, 2.05) is 36.4 Å². The highest BCUT2D eigenvalue weighted by molar-refractivity contribution is 5.73. The van der Waals surface area contributed by atoms with Crippen LogP contribution in [0.15, 0.2) is 54.6 Å². The van der Waals surface area contributed by atoms with Crippen LogP contribution in [0.4, 0.5) is 4.79 Å². The summed E-state index contributed by atoms with van der Waals surface area (Å²) in [5, 5.41) is 24.7. The largest absolute Gasteiger partial charge is 0.508 e. The molecule has 0 bridgehead atoms. The number of aliphatic hydroxyl groups excluding tert-OH is 1. The van der Waals surface area contributed by atoms with E-state index in [4.69, 9.17) is 0 Å². The number of phenolic OH excluding ortho intramolecular Hbond substituents is 1. The number of nitrogens with one attached hydrogen (secondary N) is 2. The lowest BCUT2D eigenvalue weighted by Gasteiger charge is -2.13. The van der Waals surface area contributed by atoms with Crippen LogP contribution in [0.5, 0.6) is 5.75 Å². The van der Waals surface area contributed by atoms with Crippen molar-refractivity contribution in [2.45, 2.75) is 18.9 Å². The van der Waals surface area contributed by atoms with E-state index in [2.05, 4.69) is 10.6 Å². The van der Waals surface area contributed by atoms with E-state index in [1.165, 1.54) is 0 Å². The van der Waals surface area contributed by atoms with E-state index in [0.29, 0.717) is 19.4 Å². The molecule has 2 amide bonds. The molecule has 0 radical (unpaired) electrons. The molecule has 0 saturated heterocycles. The molecule has 2 aromatic rings. The molecule has 2 rings (SSSR count). The summed E-state index contributed by atoms with van der Waals surface area (Å²) in [7, 11) is 0. The van der Waals surface area contributed by atoms with Crippen molar-refractivity contribution in [1.82, 2.24) is 10.6 Å². The summed E-state index contributed by atoms with van der Waals surface area (Å²) in [4.78, 5) is 11.7. The fourth-order valence-electron chi connectivity index (χ4n) is 2.26. The molecule has 0 aromatic heterocycles. The molecule has 0 aliphatic carbocycles. The molecule has 2 aromatic carbocycles. The minimum atomic E-state index is -0.616. The lowest BCUT2D eigenvalue weighted by Crippen LogP contribution is -2.41. The normalized spacial score (nSPS) is 11.7. The summed E-state index contributed by atoms with van der Waals surface area (Å²) >= 11 is 0. The van der Waals surface area contributed by atoms with Crippen LogP contribution in [0.3, 0.4) is 0 Å². The maximum Gasteiger partial charge on any atom is 0.314 e. The van der Waals surface area contributed by atoms with E-state index in [9.17, 15) is 15.0 Å². The molecular formula is C18H22N2O3. The van der Waals surface area contributed by atoms with Gasteiger partial charge >= 0.3 is 6.03 Å². The average molecular weight is 314 g/mol. The first kappa shape index (κ1) is 16.8. The van der Waals surface area contributed by atoms with Gasteiger partial charge in [-0.15, -0.1) is 0 Å². The number of aliphatic hydroxyl groups is 1. The Hall–Kier alpha value is -2.53. The van der Waals surface area contributed by atoms with Crippen LogP contribution in [0.2, 0.25) is 0 Å². The number of hydrogen-bond acceptors (Lipinski definition) is 3. The van der Waals surface area contributed by atoms with Crippen LogP contribution in [0.25, 0.3) is 0 Å². The van der Waals surface area contributed by atoms with E-state index >= 15 is 0 Å². The van der Waals surface area contributed by atoms with E-state index in [1.54, 1.807) is 18.2 Å². The number of aromatic hydroxyl groups is 1. The number of carbonyl (C=O) groups is 1. The van der Waals surface area contributed by atoms with Crippen LogP contribution in [0, 0.1) is 0 Å². The molecule has 122 valence electrons. The minimum absolute atomic E-state index is 0.201. The molecule has 0 aliphatic heterocycles. The second kappa shape index (κ2) is 8.80. The van der Waals surface area contributed by atoms with E-state index in [0.717, 1.165) is 11.1 Å². The van der Waals surface area contributed by atoms with Gasteiger partial charge in [0.05, 0.1) is 6.10 Å². The van der Waals surface area contributed by atoms with Crippen molar-refractivity contribution in [3.63, 3.8) is 0 Å². The zero-order valence-corrected chi connectivity index (χ0v) is 12.9. The topological polar surface area (TPSA) is 81.6 Å². The number of rotatable bonds is 7. The van der Waals surface area contributed by atoms with Gasteiger partial charge in [-0.05, 0) is 29.7 Å². The van der Waals surface area contributed by atoms with Gasteiger partial charge in [-0.3, -0.25) is 0 Å². The fraction of sp³-hybridized carbons (Fsp3) is 0.278. The third-order valence-electron chi connectivity index (χ3n) is 3.42. The molecule has 0 spiro atoms. The lowest BCUT2D eigenvalue weighted by molar-refractivity contribution is 0.170. The van der Waals surface area contributed by atoms with Crippen molar-refractivity contribution < 1.29 is 15.0 Å². The molecule has 0 fully saturated rings. The zero-order valence-electron chi connectivity index (χ0n) is 12.9. The summed E-state index contributed by atoms with van der Waals surface area (Å²) in [6.07, 6.45) is 0.521. The average Bonchev–Trinajstić information content (AvgIpc) is 2.54. The number of benzene rings is 2. The van der Waals surface area contributed by atoms with Crippen molar-refractivity contribution >= 4 is 6.03 Å². The first-order valence-corrected chi connectivity index (χ1v) is 7.65.